The Morgan fingerprint density at radius 2 is 1.57 bits per heavy atom. The summed E-state index contributed by atoms with van der Waals surface area (Å²) >= 11 is 0. The van der Waals surface area contributed by atoms with Gasteiger partial charge in [-0.25, -0.2) is 4.98 Å². The fraction of sp³-hybridized carbons (Fsp3) is 0.273. The van der Waals surface area contributed by atoms with Crippen LogP contribution in [-0.4, -0.2) is 60.4 Å². The fourth-order valence-corrected chi connectivity index (χ4v) is 2.74. The van der Waals surface area contributed by atoms with E-state index >= 15 is 0 Å². The number of methoxy groups -OCH3 is 1. The smallest absolute Gasteiger partial charge is 0.229 e. The zero-order valence-corrected chi connectivity index (χ0v) is 17.4. The van der Waals surface area contributed by atoms with Gasteiger partial charge in [-0.05, 0) is 68.7 Å². The van der Waals surface area contributed by atoms with Crippen molar-refractivity contribution in [2.45, 2.75) is 6.10 Å². The maximum Gasteiger partial charge on any atom is 0.229 e. The number of aliphatic hydroxyl groups is 1. The summed E-state index contributed by atoms with van der Waals surface area (Å²) in [6.45, 7) is 0.797. The summed E-state index contributed by atoms with van der Waals surface area (Å²) < 4.78 is 10.8. The van der Waals surface area contributed by atoms with E-state index in [9.17, 15) is 5.11 Å². The van der Waals surface area contributed by atoms with E-state index in [-0.39, 0.29) is 6.61 Å². The second-order valence-electron chi connectivity index (χ2n) is 7.00. The first-order chi connectivity index (χ1) is 14.5. The van der Waals surface area contributed by atoms with E-state index in [1.54, 1.807) is 19.4 Å². The molecule has 8 nitrogen and oxygen atoms in total. The van der Waals surface area contributed by atoms with Gasteiger partial charge in [0.1, 0.15) is 30.0 Å². The molecule has 2 aromatic carbocycles. The number of anilines is 4. The Morgan fingerprint density at radius 1 is 0.933 bits per heavy atom. The molecule has 0 amide bonds. The lowest BCUT2D eigenvalue weighted by Gasteiger charge is -2.16. The number of hydrogen-bond acceptors (Lipinski definition) is 8. The van der Waals surface area contributed by atoms with Crippen LogP contribution in [0.1, 0.15) is 0 Å². The van der Waals surface area contributed by atoms with Crippen molar-refractivity contribution >= 4 is 23.1 Å². The summed E-state index contributed by atoms with van der Waals surface area (Å²) in [6, 6.07) is 16.8. The Morgan fingerprint density at radius 3 is 2.20 bits per heavy atom. The highest BCUT2D eigenvalue weighted by Crippen LogP contribution is 2.21. The lowest BCUT2D eigenvalue weighted by molar-refractivity contribution is 0.0831. The van der Waals surface area contributed by atoms with E-state index in [4.69, 9.17) is 9.47 Å². The molecule has 1 heterocycles. The molecule has 0 aliphatic rings. The predicted molar refractivity (Wildman–Crippen MR) is 118 cm³/mol. The second-order valence-corrected chi connectivity index (χ2v) is 7.00. The van der Waals surface area contributed by atoms with Gasteiger partial charge in [0.2, 0.25) is 5.95 Å². The van der Waals surface area contributed by atoms with Crippen molar-refractivity contribution in [3.63, 3.8) is 0 Å². The predicted octanol–water partition coefficient (Wildman–Crippen LogP) is 3.27. The van der Waals surface area contributed by atoms with Crippen LogP contribution in [0.4, 0.5) is 23.1 Å². The van der Waals surface area contributed by atoms with Gasteiger partial charge < -0.3 is 30.1 Å². The molecule has 0 aliphatic carbocycles. The summed E-state index contributed by atoms with van der Waals surface area (Å²) in [6.07, 6.45) is 1.15. The van der Waals surface area contributed by atoms with Gasteiger partial charge in [0.05, 0.1) is 7.11 Å². The molecule has 0 radical (unpaired) electrons. The average Bonchev–Trinajstić information content (AvgIpc) is 2.74. The summed E-state index contributed by atoms with van der Waals surface area (Å²) in [5.41, 5.74) is 1.73. The van der Waals surface area contributed by atoms with Crippen LogP contribution in [0.25, 0.3) is 0 Å². The van der Waals surface area contributed by atoms with Crippen LogP contribution in [-0.2, 0) is 0 Å². The Balaban J connectivity index is 1.56. The first-order valence-electron chi connectivity index (χ1n) is 9.58. The topological polar surface area (TPSA) is 91.8 Å². The molecular weight excluding hydrogens is 382 g/mol. The first-order valence-corrected chi connectivity index (χ1v) is 9.58. The molecule has 158 valence electrons. The molecule has 3 N–H and O–H groups in total. The monoisotopic (exact) mass is 409 g/mol. The van der Waals surface area contributed by atoms with Gasteiger partial charge in [-0.2, -0.15) is 4.98 Å². The number of aromatic nitrogens is 2. The molecule has 0 aliphatic heterocycles. The van der Waals surface area contributed by atoms with Gasteiger partial charge in [0, 0.05) is 24.1 Å². The van der Waals surface area contributed by atoms with E-state index in [0.29, 0.717) is 24.1 Å². The highest BCUT2D eigenvalue weighted by molar-refractivity contribution is 5.60. The summed E-state index contributed by atoms with van der Waals surface area (Å²) in [7, 11) is 5.46. The normalized spacial score (nSPS) is 11.8. The summed E-state index contributed by atoms with van der Waals surface area (Å²) in [4.78, 5) is 10.7. The van der Waals surface area contributed by atoms with Crippen molar-refractivity contribution in [1.29, 1.82) is 0 Å². The number of ether oxygens (including phenoxy) is 2. The van der Waals surface area contributed by atoms with Crippen LogP contribution in [0, 0.1) is 0 Å². The minimum Gasteiger partial charge on any atom is -0.497 e. The molecule has 30 heavy (non-hydrogen) atoms. The number of likely N-dealkylation sites (N-methyl/N-ethyl adjacent to an activating group) is 1. The van der Waals surface area contributed by atoms with E-state index in [1.807, 2.05) is 67.5 Å². The number of nitrogens with one attached hydrogen (secondary N) is 2. The minimum atomic E-state index is -0.535. The van der Waals surface area contributed by atoms with Crippen LogP contribution >= 0.6 is 0 Å². The fourth-order valence-electron chi connectivity index (χ4n) is 2.74. The third-order valence-electron chi connectivity index (χ3n) is 4.15. The van der Waals surface area contributed by atoms with Gasteiger partial charge in [-0.1, -0.05) is 0 Å². The van der Waals surface area contributed by atoms with Crippen molar-refractivity contribution < 1.29 is 14.6 Å². The standard InChI is InChI=1S/C22H27N5O3/c1-27(2)14-18(28)15-30-20-10-6-17(7-11-20)25-22-23-13-12-21(26-22)24-16-4-8-19(29-3)9-5-16/h4-13,18,28H,14-15H2,1-3H3,(H2,23,24,25,26). The Bertz CT molecular complexity index is 917. The van der Waals surface area contributed by atoms with Crippen LogP contribution in [0.3, 0.4) is 0 Å². The van der Waals surface area contributed by atoms with E-state index < -0.39 is 6.10 Å². The molecule has 0 bridgehead atoms. The highest BCUT2D eigenvalue weighted by Gasteiger charge is 2.07. The minimum absolute atomic E-state index is 0.243. The van der Waals surface area contributed by atoms with Gasteiger partial charge in [0.15, 0.2) is 0 Å². The van der Waals surface area contributed by atoms with E-state index in [2.05, 4.69) is 20.6 Å². The first kappa shape index (κ1) is 21.4. The Hall–Kier alpha value is -3.36. The molecule has 8 heteroatoms. The van der Waals surface area contributed by atoms with E-state index in [1.165, 1.54) is 0 Å². The molecule has 0 saturated heterocycles. The maximum atomic E-state index is 9.88. The van der Waals surface area contributed by atoms with Gasteiger partial charge in [-0.3, -0.25) is 0 Å². The third kappa shape index (κ3) is 6.61. The molecule has 3 aromatic rings. The number of hydrogen-bond donors (Lipinski definition) is 3. The number of rotatable bonds is 10. The molecule has 0 saturated carbocycles. The third-order valence-corrected chi connectivity index (χ3v) is 4.15. The molecule has 3 rings (SSSR count). The van der Waals surface area contributed by atoms with Crippen LogP contribution in [0.15, 0.2) is 60.8 Å². The molecule has 0 fully saturated rings. The second kappa shape index (κ2) is 10.4. The maximum absolute atomic E-state index is 9.88. The molecule has 0 spiro atoms. The highest BCUT2D eigenvalue weighted by atomic mass is 16.5. The molecule has 1 atom stereocenters. The SMILES string of the molecule is COc1ccc(Nc2ccnc(Nc3ccc(OCC(O)CN(C)C)cc3)n2)cc1. The van der Waals surface area contributed by atoms with Crippen molar-refractivity contribution in [3.05, 3.63) is 60.8 Å². The van der Waals surface area contributed by atoms with Crippen molar-refractivity contribution in [2.24, 2.45) is 0 Å². The number of nitrogens with zero attached hydrogens (tertiary/aromatic N) is 3. The van der Waals surface area contributed by atoms with Gasteiger partial charge >= 0.3 is 0 Å². The van der Waals surface area contributed by atoms with E-state index in [0.717, 1.165) is 17.1 Å². The molecular formula is C22H27N5O3. The number of benzene rings is 2. The zero-order valence-electron chi connectivity index (χ0n) is 17.4. The van der Waals surface area contributed by atoms with Crippen molar-refractivity contribution in [1.82, 2.24) is 14.9 Å². The van der Waals surface area contributed by atoms with Gasteiger partial charge in [-0.15, -0.1) is 0 Å². The van der Waals surface area contributed by atoms with Crippen molar-refractivity contribution in [3.8, 4) is 11.5 Å². The quantitative estimate of drug-likeness (QED) is 0.470. The molecule has 1 aromatic heterocycles. The van der Waals surface area contributed by atoms with Crippen LogP contribution in [0.5, 0.6) is 11.5 Å². The van der Waals surface area contributed by atoms with Gasteiger partial charge in [0.25, 0.3) is 0 Å². The van der Waals surface area contributed by atoms with Crippen molar-refractivity contribution in [2.75, 3.05) is 45.0 Å². The number of aliphatic hydroxyl groups excluding tert-OH is 1. The Kier molecular flexibility index (Phi) is 7.42. The van der Waals surface area contributed by atoms with Crippen LogP contribution in [0.2, 0.25) is 0 Å². The lowest BCUT2D eigenvalue weighted by atomic mass is 10.3. The molecule has 1 unspecified atom stereocenters. The lowest BCUT2D eigenvalue weighted by Crippen LogP contribution is -2.30. The summed E-state index contributed by atoms with van der Waals surface area (Å²) in [5, 5.41) is 16.3. The zero-order chi connectivity index (χ0) is 21.3. The average molecular weight is 409 g/mol. The Labute approximate surface area is 176 Å². The van der Waals surface area contributed by atoms with Crippen LogP contribution < -0.4 is 20.1 Å². The summed E-state index contributed by atoms with van der Waals surface area (Å²) in [5.74, 6) is 2.63. The largest absolute Gasteiger partial charge is 0.497 e.